The third-order valence-electron chi connectivity index (χ3n) is 1.92. The first-order chi connectivity index (χ1) is 6.65. The van der Waals surface area contributed by atoms with Gasteiger partial charge in [0, 0.05) is 19.5 Å². The molecule has 78 valence electrons. The monoisotopic (exact) mass is 199 g/mol. The molecular weight excluding hydrogens is 186 g/mol. The van der Waals surface area contributed by atoms with Crippen LogP contribution in [0.25, 0.3) is 0 Å². The minimum absolute atomic E-state index is 0.0561. The van der Waals surface area contributed by atoms with Gasteiger partial charge in [0.1, 0.15) is 0 Å². The van der Waals surface area contributed by atoms with E-state index in [4.69, 9.17) is 0 Å². The second-order valence-corrected chi connectivity index (χ2v) is 2.91. The van der Waals surface area contributed by atoms with Gasteiger partial charge < -0.3 is 10.6 Å². The number of carbonyl (C=O) groups is 3. The fourth-order valence-corrected chi connectivity index (χ4v) is 1.11. The standard InChI is InChI=1S/C8H13N3O3/c1-2-6(12)9-3-4-11-7(13)5-10-8(11)14/h2-5H2,1H3,(H,9,12)(H,10,14). The molecule has 6 heteroatoms. The summed E-state index contributed by atoms with van der Waals surface area (Å²) in [6.45, 7) is 2.34. The van der Waals surface area contributed by atoms with Crippen molar-refractivity contribution in [3.63, 3.8) is 0 Å². The van der Waals surface area contributed by atoms with Crippen molar-refractivity contribution in [3.05, 3.63) is 0 Å². The lowest BCUT2D eigenvalue weighted by Gasteiger charge is -2.12. The number of hydrogen-bond acceptors (Lipinski definition) is 3. The Hall–Kier alpha value is -1.59. The minimum atomic E-state index is -0.388. The van der Waals surface area contributed by atoms with E-state index < -0.39 is 0 Å². The normalized spacial score (nSPS) is 15.6. The zero-order valence-corrected chi connectivity index (χ0v) is 8.00. The van der Waals surface area contributed by atoms with Crippen molar-refractivity contribution in [2.24, 2.45) is 0 Å². The van der Waals surface area contributed by atoms with Gasteiger partial charge in [-0.1, -0.05) is 6.92 Å². The fourth-order valence-electron chi connectivity index (χ4n) is 1.11. The molecule has 14 heavy (non-hydrogen) atoms. The summed E-state index contributed by atoms with van der Waals surface area (Å²) >= 11 is 0. The van der Waals surface area contributed by atoms with Crippen molar-refractivity contribution in [3.8, 4) is 0 Å². The topological polar surface area (TPSA) is 78.5 Å². The summed E-state index contributed by atoms with van der Waals surface area (Å²) in [4.78, 5) is 34.0. The van der Waals surface area contributed by atoms with Crippen LogP contribution in [0.3, 0.4) is 0 Å². The fraction of sp³-hybridized carbons (Fsp3) is 0.625. The number of carbonyl (C=O) groups excluding carboxylic acids is 3. The summed E-state index contributed by atoms with van der Waals surface area (Å²) in [7, 11) is 0. The lowest BCUT2D eigenvalue weighted by atomic mass is 10.4. The van der Waals surface area contributed by atoms with Crippen molar-refractivity contribution in [1.29, 1.82) is 0 Å². The molecule has 0 bridgehead atoms. The third kappa shape index (κ3) is 2.45. The highest BCUT2D eigenvalue weighted by Crippen LogP contribution is 1.96. The predicted octanol–water partition coefficient (Wildman–Crippen LogP) is -0.936. The molecule has 1 saturated heterocycles. The van der Waals surface area contributed by atoms with Crippen LogP contribution in [0, 0.1) is 0 Å². The second kappa shape index (κ2) is 4.59. The Bertz CT molecular complexity index is 249. The van der Waals surface area contributed by atoms with E-state index in [0.29, 0.717) is 13.0 Å². The summed E-state index contributed by atoms with van der Waals surface area (Å²) in [6.07, 6.45) is 0.403. The molecule has 1 aliphatic rings. The quantitative estimate of drug-likeness (QED) is 0.574. The van der Waals surface area contributed by atoms with Gasteiger partial charge in [0.05, 0.1) is 6.54 Å². The maximum atomic E-state index is 11.1. The van der Waals surface area contributed by atoms with Crippen LogP contribution >= 0.6 is 0 Å². The zero-order chi connectivity index (χ0) is 10.6. The Kier molecular flexibility index (Phi) is 3.44. The van der Waals surface area contributed by atoms with Crippen LogP contribution in [0.5, 0.6) is 0 Å². The highest BCUT2D eigenvalue weighted by Gasteiger charge is 2.27. The minimum Gasteiger partial charge on any atom is -0.354 e. The van der Waals surface area contributed by atoms with E-state index in [0.717, 1.165) is 4.90 Å². The van der Waals surface area contributed by atoms with Crippen molar-refractivity contribution < 1.29 is 14.4 Å². The summed E-state index contributed by atoms with van der Waals surface area (Å²) in [5.41, 5.74) is 0. The first-order valence-electron chi connectivity index (χ1n) is 4.50. The van der Waals surface area contributed by atoms with Crippen LogP contribution in [0.2, 0.25) is 0 Å². The Morgan fingerprint density at radius 2 is 2.29 bits per heavy atom. The zero-order valence-electron chi connectivity index (χ0n) is 8.00. The van der Waals surface area contributed by atoms with Crippen molar-refractivity contribution in [2.45, 2.75) is 13.3 Å². The SMILES string of the molecule is CCC(=O)NCCN1C(=O)CNC1=O. The maximum Gasteiger partial charge on any atom is 0.324 e. The van der Waals surface area contributed by atoms with E-state index in [2.05, 4.69) is 10.6 Å². The molecule has 0 saturated carbocycles. The molecule has 0 atom stereocenters. The molecular formula is C8H13N3O3. The predicted molar refractivity (Wildman–Crippen MR) is 48.4 cm³/mol. The van der Waals surface area contributed by atoms with Gasteiger partial charge in [-0.15, -0.1) is 0 Å². The van der Waals surface area contributed by atoms with Crippen molar-refractivity contribution in [1.82, 2.24) is 15.5 Å². The average molecular weight is 199 g/mol. The first-order valence-corrected chi connectivity index (χ1v) is 4.50. The second-order valence-electron chi connectivity index (χ2n) is 2.91. The Morgan fingerprint density at radius 3 is 2.79 bits per heavy atom. The van der Waals surface area contributed by atoms with Crippen LogP contribution in [0.1, 0.15) is 13.3 Å². The van der Waals surface area contributed by atoms with Crippen LogP contribution in [0.4, 0.5) is 4.79 Å². The molecule has 0 aliphatic carbocycles. The van der Waals surface area contributed by atoms with E-state index in [1.165, 1.54) is 0 Å². The average Bonchev–Trinajstić information content (AvgIpc) is 2.48. The van der Waals surface area contributed by atoms with Gasteiger partial charge in [-0.05, 0) is 0 Å². The number of amides is 4. The molecule has 6 nitrogen and oxygen atoms in total. The van der Waals surface area contributed by atoms with Crippen LogP contribution in [-0.2, 0) is 9.59 Å². The number of imide groups is 1. The van der Waals surface area contributed by atoms with Gasteiger partial charge in [-0.25, -0.2) is 4.79 Å². The Balaban J connectivity index is 2.27. The third-order valence-corrected chi connectivity index (χ3v) is 1.92. The molecule has 0 aromatic heterocycles. The lowest BCUT2D eigenvalue weighted by molar-refractivity contribution is -0.125. The molecule has 1 aliphatic heterocycles. The Labute approximate surface area is 81.6 Å². The van der Waals surface area contributed by atoms with Crippen molar-refractivity contribution >= 4 is 17.8 Å². The smallest absolute Gasteiger partial charge is 0.324 e. The highest BCUT2D eigenvalue weighted by molar-refractivity contribution is 6.01. The van der Waals surface area contributed by atoms with Gasteiger partial charge in [0.15, 0.2) is 0 Å². The van der Waals surface area contributed by atoms with E-state index in [1.807, 2.05) is 0 Å². The molecule has 4 amide bonds. The molecule has 2 N–H and O–H groups in total. The van der Waals surface area contributed by atoms with E-state index >= 15 is 0 Å². The van der Waals surface area contributed by atoms with Gasteiger partial charge in [-0.3, -0.25) is 14.5 Å². The number of rotatable bonds is 4. The van der Waals surface area contributed by atoms with Crippen LogP contribution < -0.4 is 10.6 Å². The lowest BCUT2D eigenvalue weighted by Crippen LogP contribution is -2.38. The molecule has 1 heterocycles. The summed E-state index contributed by atoms with van der Waals surface area (Å²) in [5.74, 6) is -0.335. The molecule has 1 rings (SSSR count). The van der Waals surface area contributed by atoms with E-state index in [9.17, 15) is 14.4 Å². The number of nitrogens with one attached hydrogen (secondary N) is 2. The summed E-state index contributed by atoms with van der Waals surface area (Å²) in [6, 6.07) is -0.388. The van der Waals surface area contributed by atoms with Gasteiger partial charge in [-0.2, -0.15) is 0 Å². The number of nitrogens with zero attached hydrogens (tertiary/aromatic N) is 1. The van der Waals surface area contributed by atoms with Gasteiger partial charge in [0.2, 0.25) is 11.8 Å². The van der Waals surface area contributed by atoms with E-state index in [-0.39, 0.29) is 30.9 Å². The molecule has 0 aromatic carbocycles. The number of hydrogen-bond donors (Lipinski definition) is 2. The maximum absolute atomic E-state index is 11.1. The highest BCUT2D eigenvalue weighted by atomic mass is 16.2. The molecule has 0 radical (unpaired) electrons. The molecule has 1 fully saturated rings. The summed E-state index contributed by atoms with van der Waals surface area (Å²) in [5, 5.41) is 4.98. The van der Waals surface area contributed by atoms with Gasteiger partial charge >= 0.3 is 6.03 Å². The summed E-state index contributed by atoms with van der Waals surface area (Å²) < 4.78 is 0. The van der Waals surface area contributed by atoms with Crippen LogP contribution in [0.15, 0.2) is 0 Å². The van der Waals surface area contributed by atoms with Crippen LogP contribution in [-0.4, -0.2) is 42.4 Å². The van der Waals surface area contributed by atoms with E-state index in [1.54, 1.807) is 6.92 Å². The van der Waals surface area contributed by atoms with Gasteiger partial charge in [0.25, 0.3) is 0 Å². The van der Waals surface area contributed by atoms with Crippen molar-refractivity contribution in [2.75, 3.05) is 19.6 Å². The Morgan fingerprint density at radius 1 is 1.57 bits per heavy atom. The molecule has 0 spiro atoms. The molecule has 0 aromatic rings. The first kappa shape index (κ1) is 10.5. The number of urea groups is 1. The molecule has 0 unspecified atom stereocenters. The largest absolute Gasteiger partial charge is 0.354 e.